The highest BCUT2D eigenvalue weighted by atomic mass is 16.5. The zero-order valence-corrected chi connectivity index (χ0v) is 9.21. The zero-order valence-electron chi connectivity index (χ0n) is 9.21. The van der Waals surface area contributed by atoms with Crippen molar-refractivity contribution in [3.63, 3.8) is 0 Å². The molecule has 1 aliphatic rings. The van der Waals surface area contributed by atoms with E-state index in [2.05, 4.69) is 10.2 Å². The Kier molecular flexibility index (Phi) is 6.31. The van der Waals surface area contributed by atoms with Gasteiger partial charge < -0.3 is 15.8 Å². The van der Waals surface area contributed by atoms with Crippen LogP contribution in [0.15, 0.2) is 0 Å². The second kappa shape index (κ2) is 7.62. The number of nitrogens with two attached hydrogens (primary N) is 1. The van der Waals surface area contributed by atoms with E-state index in [0.717, 1.165) is 52.4 Å². The fraction of sp³-hybridized carbons (Fsp3) is 0.900. The summed E-state index contributed by atoms with van der Waals surface area (Å²) in [6.07, 6.45) is 1.31. The van der Waals surface area contributed by atoms with Gasteiger partial charge in [0.1, 0.15) is 0 Å². The molecule has 0 bridgehead atoms. The molecule has 88 valence electrons. The van der Waals surface area contributed by atoms with Crippen molar-refractivity contribution in [2.45, 2.75) is 12.8 Å². The number of carbonyl (C=O) groups excluding carboxylic acids is 1. The summed E-state index contributed by atoms with van der Waals surface area (Å²) in [5, 5.41) is 3.30. The van der Waals surface area contributed by atoms with Crippen molar-refractivity contribution in [3.05, 3.63) is 0 Å². The van der Waals surface area contributed by atoms with Crippen LogP contribution in [0.25, 0.3) is 0 Å². The Morgan fingerprint density at radius 1 is 1.33 bits per heavy atom. The Labute approximate surface area is 90.9 Å². The maximum atomic E-state index is 10.5. The summed E-state index contributed by atoms with van der Waals surface area (Å²) in [4.78, 5) is 12.8. The summed E-state index contributed by atoms with van der Waals surface area (Å²) >= 11 is 0. The number of nitrogens with one attached hydrogen (secondary N) is 1. The van der Waals surface area contributed by atoms with Crippen molar-refractivity contribution < 1.29 is 9.53 Å². The third kappa shape index (κ3) is 6.43. The number of hydrogen-bond donors (Lipinski definition) is 2. The Balaban J connectivity index is 1.85. The van der Waals surface area contributed by atoms with Gasteiger partial charge in [0, 0.05) is 32.6 Å². The molecule has 3 N–H and O–H groups in total. The summed E-state index contributed by atoms with van der Waals surface area (Å²) in [5.74, 6) is -0.218. The molecule has 0 spiro atoms. The Morgan fingerprint density at radius 2 is 2.07 bits per heavy atom. The molecule has 0 aromatic carbocycles. The smallest absolute Gasteiger partial charge is 0.217 e. The molecule has 1 rings (SSSR count). The van der Waals surface area contributed by atoms with Gasteiger partial charge in [-0.15, -0.1) is 0 Å². The molecular formula is C10H21N3O2. The summed E-state index contributed by atoms with van der Waals surface area (Å²) in [6.45, 7) is 6.65. The minimum Gasteiger partial charge on any atom is -0.379 e. The van der Waals surface area contributed by atoms with Crippen LogP contribution in [-0.4, -0.2) is 56.7 Å². The number of morpholine rings is 1. The zero-order chi connectivity index (χ0) is 10.9. The molecule has 0 aromatic heterocycles. The fourth-order valence-corrected chi connectivity index (χ4v) is 1.57. The van der Waals surface area contributed by atoms with Gasteiger partial charge in [-0.2, -0.15) is 0 Å². The molecule has 5 nitrogen and oxygen atoms in total. The van der Waals surface area contributed by atoms with Crippen molar-refractivity contribution in [3.8, 4) is 0 Å². The lowest BCUT2D eigenvalue weighted by Gasteiger charge is -2.26. The standard InChI is InChI=1S/C10H21N3O2/c11-10(14)2-1-3-12-4-5-13-6-8-15-9-7-13/h12H,1-9H2,(H2,11,14). The van der Waals surface area contributed by atoms with Crippen LogP contribution in [0.1, 0.15) is 12.8 Å². The highest BCUT2D eigenvalue weighted by Crippen LogP contribution is 1.94. The van der Waals surface area contributed by atoms with E-state index in [1.54, 1.807) is 0 Å². The van der Waals surface area contributed by atoms with Crippen LogP contribution >= 0.6 is 0 Å². The molecule has 5 heteroatoms. The molecule has 1 fully saturated rings. The third-order valence-corrected chi connectivity index (χ3v) is 2.49. The number of rotatable bonds is 7. The van der Waals surface area contributed by atoms with E-state index >= 15 is 0 Å². The predicted molar refractivity (Wildman–Crippen MR) is 58.6 cm³/mol. The van der Waals surface area contributed by atoms with Crippen LogP contribution in [0.3, 0.4) is 0 Å². The monoisotopic (exact) mass is 215 g/mol. The molecule has 0 aliphatic carbocycles. The fourth-order valence-electron chi connectivity index (χ4n) is 1.57. The minimum absolute atomic E-state index is 0.218. The van der Waals surface area contributed by atoms with E-state index in [1.165, 1.54) is 0 Å². The lowest BCUT2D eigenvalue weighted by atomic mass is 10.3. The SMILES string of the molecule is NC(=O)CCCNCCN1CCOCC1. The largest absolute Gasteiger partial charge is 0.379 e. The molecular weight excluding hydrogens is 194 g/mol. The van der Waals surface area contributed by atoms with E-state index in [0.29, 0.717) is 6.42 Å². The van der Waals surface area contributed by atoms with E-state index in [-0.39, 0.29) is 5.91 Å². The van der Waals surface area contributed by atoms with Gasteiger partial charge in [-0.05, 0) is 13.0 Å². The summed E-state index contributed by atoms with van der Waals surface area (Å²) in [7, 11) is 0. The van der Waals surface area contributed by atoms with Gasteiger partial charge in [-0.25, -0.2) is 0 Å². The van der Waals surface area contributed by atoms with Crippen molar-refractivity contribution in [1.82, 2.24) is 10.2 Å². The van der Waals surface area contributed by atoms with Gasteiger partial charge in [0.2, 0.25) is 5.91 Å². The number of amides is 1. The molecule has 0 saturated carbocycles. The van der Waals surface area contributed by atoms with Crippen LogP contribution < -0.4 is 11.1 Å². The van der Waals surface area contributed by atoms with Crippen molar-refractivity contribution in [1.29, 1.82) is 0 Å². The first-order chi connectivity index (χ1) is 7.29. The Bertz CT molecular complexity index is 182. The molecule has 0 radical (unpaired) electrons. The van der Waals surface area contributed by atoms with E-state index in [9.17, 15) is 4.79 Å². The average molecular weight is 215 g/mol. The normalized spacial score (nSPS) is 17.9. The Hall–Kier alpha value is -0.650. The number of ether oxygens (including phenoxy) is 1. The average Bonchev–Trinajstić information content (AvgIpc) is 2.24. The first-order valence-electron chi connectivity index (χ1n) is 5.58. The molecule has 0 aromatic rings. The molecule has 1 saturated heterocycles. The summed E-state index contributed by atoms with van der Waals surface area (Å²) < 4.78 is 5.26. The lowest BCUT2D eigenvalue weighted by molar-refractivity contribution is -0.118. The summed E-state index contributed by atoms with van der Waals surface area (Å²) in [5.41, 5.74) is 5.04. The quantitative estimate of drug-likeness (QED) is 0.544. The van der Waals surface area contributed by atoms with E-state index in [4.69, 9.17) is 10.5 Å². The Morgan fingerprint density at radius 3 is 2.73 bits per heavy atom. The van der Waals surface area contributed by atoms with E-state index < -0.39 is 0 Å². The molecule has 15 heavy (non-hydrogen) atoms. The topological polar surface area (TPSA) is 67.6 Å². The molecule has 1 heterocycles. The van der Waals surface area contributed by atoms with E-state index in [1.807, 2.05) is 0 Å². The van der Waals surface area contributed by atoms with Crippen molar-refractivity contribution in [2.24, 2.45) is 5.73 Å². The number of nitrogens with zero attached hydrogens (tertiary/aromatic N) is 1. The van der Waals surface area contributed by atoms with Gasteiger partial charge in [-0.3, -0.25) is 9.69 Å². The number of hydrogen-bond acceptors (Lipinski definition) is 4. The second-order valence-electron chi connectivity index (χ2n) is 3.77. The molecule has 0 unspecified atom stereocenters. The molecule has 0 atom stereocenters. The van der Waals surface area contributed by atoms with Gasteiger partial charge in [0.15, 0.2) is 0 Å². The molecule has 1 amide bonds. The summed E-state index contributed by atoms with van der Waals surface area (Å²) in [6, 6.07) is 0. The van der Waals surface area contributed by atoms with Crippen LogP contribution in [0, 0.1) is 0 Å². The first kappa shape index (κ1) is 12.4. The minimum atomic E-state index is -0.218. The highest BCUT2D eigenvalue weighted by molar-refractivity contribution is 5.73. The van der Waals surface area contributed by atoms with Gasteiger partial charge >= 0.3 is 0 Å². The van der Waals surface area contributed by atoms with Gasteiger partial charge in [-0.1, -0.05) is 0 Å². The van der Waals surface area contributed by atoms with Crippen LogP contribution in [-0.2, 0) is 9.53 Å². The first-order valence-corrected chi connectivity index (χ1v) is 5.58. The maximum absolute atomic E-state index is 10.5. The van der Waals surface area contributed by atoms with Crippen LogP contribution in [0.5, 0.6) is 0 Å². The van der Waals surface area contributed by atoms with Crippen molar-refractivity contribution in [2.75, 3.05) is 45.9 Å². The third-order valence-electron chi connectivity index (χ3n) is 2.49. The van der Waals surface area contributed by atoms with Crippen LogP contribution in [0.2, 0.25) is 0 Å². The van der Waals surface area contributed by atoms with Gasteiger partial charge in [0.05, 0.1) is 13.2 Å². The molecule has 1 aliphatic heterocycles. The van der Waals surface area contributed by atoms with Gasteiger partial charge in [0.25, 0.3) is 0 Å². The maximum Gasteiger partial charge on any atom is 0.217 e. The number of carbonyl (C=O) groups is 1. The number of primary amides is 1. The highest BCUT2D eigenvalue weighted by Gasteiger charge is 2.08. The predicted octanol–water partition coefficient (Wildman–Crippen LogP) is -0.826. The second-order valence-corrected chi connectivity index (χ2v) is 3.77. The van der Waals surface area contributed by atoms with Crippen LogP contribution in [0.4, 0.5) is 0 Å². The van der Waals surface area contributed by atoms with Crippen molar-refractivity contribution >= 4 is 5.91 Å². The lowest BCUT2D eigenvalue weighted by Crippen LogP contribution is -2.40.